The minimum absolute atomic E-state index is 0.0905. The molecular formula is C18H20O6. The molecule has 1 aliphatic rings. The Kier molecular flexibility index (Phi) is 5.01. The molecule has 4 atom stereocenters. The number of hydrogen-bond donors (Lipinski definition) is 3. The predicted molar refractivity (Wildman–Crippen MR) is 86.8 cm³/mol. The van der Waals surface area contributed by atoms with Crippen LogP contribution in [-0.4, -0.2) is 53.6 Å². The van der Waals surface area contributed by atoms with E-state index in [4.69, 9.17) is 14.2 Å². The van der Waals surface area contributed by atoms with Crippen LogP contribution in [-0.2, 0) is 4.74 Å². The minimum Gasteiger partial charge on any atom is -0.497 e. The summed E-state index contributed by atoms with van der Waals surface area (Å²) in [4.78, 5) is 0. The van der Waals surface area contributed by atoms with E-state index in [0.29, 0.717) is 5.75 Å². The molecule has 0 aromatic heterocycles. The summed E-state index contributed by atoms with van der Waals surface area (Å²) in [5.74, 6) is 1.29. The van der Waals surface area contributed by atoms with Crippen LogP contribution in [0.1, 0.15) is 0 Å². The van der Waals surface area contributed by atoms with Crippen molar-refractivity contribution in [2.24, 2.45) is 0 Å². The fourth-order valence-electron chi connectivity index (χ4n) is 2.53. The molecule has 1 saturated heterocycles. The first-order chi connectivity index (χ1) is 11.6. The van der Waals surface area contributed by atoms with Gasteiger partial charge in [-0.2, -0.15) is 0 Å². The van der Waals surface area contributed by atoms with E-state index in [-0.39, 0.29) is 6.61 Å². The molecule has 1 heterocycles. The van der Waals surface area contributed by atoms with Gasteiger partial charge in [0.05, 0.1) is 13.7 Å². The topological polar surface area (TPSA) is 88.4 Å². The average Bonchev–Trinajstić information content (AvgIpc) is 2.63. The second kappa shape index (κ2) is 7.19. The van der Waals surface area contributed by atoms with Crippen molar-refractivity contribution in [1.29, 1.82) is 0 Å². The van der Waals surface area contributed by atoms with Crippen molar-refractivity contribution in [3.63, 3.8) is 0 Å². The number of rotatable bonds is 4. The Bertz CT molecular complexity index is 654. The van der Waals surface area contributed by atoms with E-state index in [1.54, 1.807) is 19.2 Å². The summed E-state index contributed by atoms with van der Waals surface area (Å²) < 4.78 is 15.9. The summed E-state index contributed by atoms with van der Waals surface area (Å²) in [5.41, 5.74) is 2.04. The molecule has 6 nitrogen and oxygen atoms in total. The fraction of sp³-hybridized carbons (Fsp3) is 0.333. The molecule has 4 unspecified atom stereocenters. The van der Waals surface area contributed by atoms with Crippen LogP contribution in [0.4, 0.5) is 0 Å². The van der Waals surface area contributed by atoms with Gasteiger partial charge in [-0.3, -0.25) is 0 Å². The number of methoxy groups -OCH3 is 1. The molecule has 1 aliphatic heterocycles. The molecular weight excluding hydrogens is 312 g/mol. The van der Waals surface area contributed by atoms with Gasteiger partial charge in [-0.05, 0) is 35.4 Å². The highest BCUT2D eigenvalue weighted by Gasteiger charge is 2.38. The molecule has 128 valence electrons. The number of ether oxygens (including phenoxy) is 3. The van der Waals surface area contributed by atoms with Crippen LogP contribution in [0.2, 0.25) is 0 Å². The van der Waals surface area contributed by atoms with E-state index < -0.39 is 24.6 Å². The van der Waals surface area contributed by atoms with Crippen molar-refractivity contribution in [3.05, 3.63) is 48.5 Å². The van der Waals surface area contributed by atoms with E-state index in [1.165, 1.54) is 0 Å². The highest BCUT2D eigenvalue weighted by molar-refractivity contribution is 5.64. The number of aliphatic hydroxyl groups excluding tert-OH is 3. The molecule has 24 heavy (non-hydrogen) atoms. The lowest BCUT2D eigenvalue weighted by Gasteiger charge is -2.34. The van der Waals surface area contributed by atoms with Crippen molar-refractivity contribution in [3.8, 4) is 22.6 Å². The first kappa shape index (κ1) is 16.7. The second-order valence-electron chi connectivity index (χ2n) is 5.62. The van der Waals surface area contributed by atoms with E-state index in [2.05, 4.69) is 0 Å². The van der Waals surface area contributed by atoms with Gasteiger partial charge in [0.15, 0.2) is 0 Å². The van der Waals surface area contributed by atoms with E-state index in [0.717, 1.165) is 16.9 Å². The zero-order valence-corrected chi connectivity index (χ0v) is 13.2. The van der Waals surface area contributed by atoms with Crippen LogP contribution in [0, 0.1) is 0 Å². The Labute approximate surface area is 139 Å². The maximum Gasteiger partial charge on any atom is 0.228 e. The quantitative estimate of drug-likeness (QED) is 0.779. The fourth-order valence-corrected chi connectivity index (χ4v) is 2.53. The third-order valence-electron chi connectivity index (χ3n) is 3.98. The third-order valence-corrected chi connectivity index (χ3v) is 3.98. The van der Waals surface area contributed by atoms with Gasteiger partial charge < -0.3 is 29.5 Å². The first-order valence-corrected chi connectivity index (χ1v) is 7.65. The number of benzene rings is 2. The maximum absolute atomic E-state index is 9.88. The normalized spacial score (nSPS) is 26.8. The van der Waals surface area contributed by atoms with Crippen molar-refractivity contribution in [2.45, 2.75) is 24.6 Å². The largest absolute Gasteiger partial charge is 0.497 e. The van der Waals surface area contributed by atoms with Crippen LogP contribution < -0.4 is 9.47 Å². The highest BCUT2D eigenvalue weighted by atomic mass is 16.7. The van der Waals surface area contributed by atoms with Gasteiger partial charge in [0, 0.05) is 0 Å². The lowest BCUT2D eigenvalue weighted by molar-refractivity contribution is -0.242. The van der Waals surface area contributed by atoms with Crippen molar-refractivity contribution in [2.75, 3.05) is 13.7 Å². The number of aliphatic hydroxyl groups is 3. The molecule has 3 N–H and O–H groups in total. The molecule has 0 aliphatic carbocycles. The molecule has 0 saturated carbocycles. The molecule has 0 radical (unpaired) electrons. The lowest BCUT2D eigenvalue weighted by Crippen LogP contribution is -2.54. The summed E-state index contributed by atoms with van der Waals surface area (Å²) in [6.07, 6.45) is -4.73. The van der Waals surface area contributed by atoms with Gasteiger partial charge in [-0.25, -0.2) is 0 Å². The van der Waals surface area contributed by atoms with E-state index in [1.807, 2.05) is 36.4 Å². The Balaban J connectivity index is 1.68. The van der Waals surface area contributed by atoms with Gasteiger partial charge in [0.1, 0.15) is 29.8 Å². The lowest BCUT2D eigenvalue weighted by atomic mass is 10.0. The Hall–Kier alpha value is -2.12. The van der Waals surface area contributed by atoms with Crippen molar-refractivity contribution in [1.82, 2.24) is 0 Å². The SMILES string of the molecule is COc1ccc(-c2ccc(OC3OCC(O)C(O)C3O)cc2)cc1. The monoisotopic (exact) mass is 332 g/mol. The summed E-state index contributed by atoms with van der Waals surface area (Å²) in [7, 11) is 1.62. The smallest absolute Gasteiger partial charge is 0.228 e. The molecule has 0 amide bonds. The number of hydrogen-bond acceptors (Lipinski definition) is 6. The van der Waals surface area contributed by atoms with Crippen LogP contribution >= 0.6 is 0 Å². The highest BCUT2D eigenvalue weighted by Crippen LogP contribution is 2.26. The van der Waals surface area contributed by atoms with Gasteiger partial charge in [-0.1, -0.05) is 24.3 Å². The van der Waals surface area contributed by atoms with Crippen LogP contribution in [0.25, 0.3) is 11.1 Å². The van der Waals surface area contributed by atoms with Gasteiger partial charge in [0.25, 0.3) is 0 Å². The van der Waals surface area contributed by atoms with E-state index >= 15 is 0 Å². The summed E-state index contributed by atoms with van der Waals surface area (Å²) in [6.45, 7) is -0.0905. The molecule has 1 fully saturated rings. The Morgan fingerprint density at radius 3 is 1.92 bits per heavy atom. The average molecular weight is 332 g/mol. The van der Waals surface area contributed by atoms with Crippen LogP contribution in [0.3, 0.4) is 0 Å². The van der Waals surface area contributed by atoms with Gasteiger partial charge >= 0.3 is 0 Å². The molecule has 3 rings (SSSR count). The van der Waals surface area contributed by atoms with Crippen molar-refractivity contribution >= 4 is 0 Å². The predicted octanol–water partition coefficient (Wildman–Crippen LogP) is 1.18. The Morgan fingerprint density at radius 2 is 1.38 bits per heavy atom. The second-order valence-corrected chi connectivity index (χ2v) is 5.62. The first-order valence-electron chi connectivity index (χ1n) is 7.65. The molecule has 6 heteroatoms. The van der Waals surface area contributed by atoms with E-state index in [9.17, 15) is 15.3 Å². The zero-order valence-electron chi connectivity index (χ0n) is 13.2. The molecule has 2 aromatic rings. The molecule has 2 aromatic carbocycles. The zero-order chi connectivity index (χ0) is 17.1. The summed E-state index contributed by atoms with van der Waals surface area (Å²) in [5, 5.41) is 29.0. The summed E-state index contributed by atoms with van der Waals surface area (Å²) >= 11 is 0. The standard InChI is InChI=1S/C18H20O6/c1-22-13-6-2-11(3-7-13)12-4-8-14(9-5-12)24-18-17(21)16(20)15(19)10-23-18/h2-9,15-21H,10H2,1H3. The van der Waals surface area contributed by atoms with Gasteiger partial charge in [-0.15, -0.1) is 0 Å². The minimum atomic E-state index is -1.31. The third kappa shape index (κ3) is 3.52. The summed E-state index contributed by atoms with van der Waals surface area (Å²) in [6, 6.07) is 15.0. The Morgan fingerprint density at radius 1 is 0.833 bits per heavy atom. The molecule has 0 spiro atoms. The van der Waals surface area contributed by atoms with Crippen LogP contribution in [0.5, 0.6) is 11.5 Å². The maximum atomic E-state index is 9.88. The van der Waals surface area contributed by atoms with Gasteiger partial charge in [0.2, 0.25) is 6.29 Å². The molecule has 0 bridgehead atoms. The van der Waals surface area contributed by atoms with Crippen molar-refractivity contribution < 1.29 is 29.5 Å². The van der Waals surface area contributed by atoms with Crippen LogP contribution in [0.15, 0.2) is 48.5 Å².